The monoisotopic (exact) mass is 310 g/mol. The summed E-state index contributed by atoms with van der Waals surface area (Å²) in [6.07, 6.45) is 0.158. The van der Waals surface area contributed by atoms with E-state index in [1.165, 1.54) is 12.1 Å². The summed E-state index contributed by atoms with van der Waals surface area (Å²) < 4.78 is 13.0. The summed E-state index contributed by atoms with van der Waals surface area (Å²) in [6, 6.07) is 4.83. The number of halogens is 1. The molecule has 0 spiro atoms. The predicted molar refractivity (Wildman–Crippen MR) is 82.0 cm³/mol. The molecule has 0 heterocycles. The molecule has 6 heteroatoms. The first-order valence-corrected chi connectivity index (χ1v) is 7.19. The van der Waals surface area contributed by atoms with Gasteiger partial charge in [-0.15, -0.1) is 0 Å². The fourth-order valence-electron chi connectivity index (χ4n) is 1.84. The van der Waals surface area contributed by atoms with Gasteiger partial charge in [0.15, 0.2) is 0 Å². The molecule has 122 valence electrons. The van der Waals surface area contributed by atoms with Crippen molar-refractivity contribution in [2.45, 2.75) is 39.7 Å². The molecule has 0 aromatic heterocycles. The number of carbonyl (C=O) groups is 2. The minimum Gasteiger partial charge on any atom is -0.481 e. The van der Waals surface area contributed by atoms with E-state index < -0.39 is 12.0 Å². The standard InChI is InChI=1S/C16H23FN2O3/c1-16(2,3)10-18-15(22)19-13(8-9-14(20)21)11-4-6-12(17)7-5-11/h4-7,13H,8-10H2,1-3H3,(H,20,21)(H2,18,19,22). The van der Waals surface area contributed by atoms with Gasteiger partial charge in [-0.1, -0.05) is 32.9 Å². The van der Waals surface area contributed by atoms with Crippen LogP contribution in [0.3, 0.4) is 0 Å². The Morgan fingerprint density at radius 2 is 1.82 bits per heavy atom. The van der Waals surface area contributed by atoms with Gasteiger partial charge in [-0.25, -0.2) is 9.18 Å². The van der Waals surface area contributed by atoms with Crippen LogP contribution in [0.1, 0.15) is 45.2 Å². The van der Waals surface area contributed by atoms with Crippen molar-refractivity contribution in [2.24, 2.45) is 5.41 Å². The average Bonchev–Trinajstić information content (AvgIpc) is 2.41. The van der Waals surface area contributed by atoms with Gasteiger partial charge in [0.1, 0.15) is 5.82 Å². The van der Waals surface area contributed by atoms with Gasteiger partial charge in [0.2, 0.25) is 0 Å². The number of carboxylic acid groups (broad SMARTS) is 1. The number of carbonyl (C=O) groups excluding carboxylic acids is 1. The van der Waals surface area contributed by atoms with E-state index in [-0.39, 0.29) is 30.1 Å². The van der Waals surface area contributed by atoms with Crippen LogP contribution in [0.15, 0.2) is 24.3 Å². The number of carboxylic acids is 1. The van der Waals surface area contributed by atoms with E-state index in [9.17, 15) is 14.0 Å². The van der Waals surface area contributed by atoms with Gasteiger partial charge in [-0.2, -0.15) is 0 Å². The number of nitrogens with one attached hydrogen (secondary N) is 2. The fourth-order valence-corrected chi connectivity index (χ4v) is 1.84. The van der Waals surface area contributed by atoms with E-state index in [1.807, 2.05) is 20.8 Å². The molecule has 0 saturated carbocycles. The number of amides is 2. The molecule has 0 radical (unpaired) electrons. The third-order valence-corrected chi connectivity index (χ3v) is 3.00. The lowest BCUT2D eigenvalue weighted by atomic mass is 9.97. The summed E-state index contributed by atoms with van der Waals surface area (Å²) in [4.78, 5) is 22.7. The minimum absolute atomic E-state index is 0.0518. The Hall–Kier alpha value is -2.11. The van der Waals surface area contributed by atoms with Crippen LogP contribution in [0.2, 0.25) is 0 Å². The molecule has 1 atom stereocenters. The van der Waals surface area contributed by atoms with Crippen LogP contribution in [-0.2, 0) is 4.79 Å². The third kappa shape index (κ3) is 7.06. The van der Waals surface area contributed by atoms with Crippen molar-refractivity contribution in [3.63, 3.8) is 0 Å². The summed E-state index contributed by atoms with van der Waals surface area (Å²) in [5, 5.41) is 14.3. The van der Waals surface area contributed by atoms with E-state index in [0.717, 1.165) is 0 Å². The first-order valence-electron chi connectivity index (χ1n) is 7.19. The lowest BCUT2D eigenvalue weighted by Gasteiger charge is -2.22. The number of aliphatic carboxylic acids is 1. The van der Waals surface area contributed by atoms with Gasteiger partial charge in [0.25, 0.3) is 0 Å². The highest BCUT2D eigenvalue weighted by Gasteiger charge is 2.18. The van der Waals surface area contributed by atoms with Gasteiger partial charge < -0.3 is 15.7 Å². The molecule has 0 aliphatic carbocycles. The molecule has 0 saturated heterocycles. The number of hydrogen-bond acceptors (Lipinski definition) is 2. The Morgan fingerprint density at radius 1 is 1.23 bits per heavy atom. The summed E-state index contributed by atoms with van der Waals surface area (Å²) in [5.74, 6) is -1.32. The predicted octanol–water partition coefficient (Wildman–Crippen LogP) is 3.08. The normalized spacial score (nSPS) is 12.5. The highest BCUT2D eigenvalue weighted by atomic mass is 19.1. The third-order valence-electron chi connectivity index (χ3n) is 3.00. The molecule has 0 aliphatic heterocycles. The zero-order chi connectivity index (χ0) is 16.8. The molecule has 22 heavy (non-hydrogen) atoms. The lowest BCUT2D eigenvalue weighted by molar-refractivity contribution is -0.137. The van der Waals surface area contributed by atoms with Gasteiger partial charge in [-0.05, 0) is 29.5 Å². The zero-order valence-corrected chi connectivity index (χ0v) is 13.1. The van der Waals surface area contributed by atoms with E-state index in [0.29, 0.717) is 12.1 Å². The highest BCUT2D eigenvalue weighted by molar-refractivity contribution is 5.74. The molecule has 0 aliphatic rings. The Labute approximate surface area is 129 Å². The Bertz CT molecular complexity index is 509. The van der Waals surface area contributed by atoms with Crippen LogP contribution in [0.25, 0.3) is 0 Å². The van der Waals surface area contributed by atoms with Crippen molar-refractivity contribution < 1.29 is 19.1 Å². The van der Waals surface area contributed by atoms with Crippen molar-refractivity contribution in [2.75, 3.05) is 6.54 Å². The maximum absolute atomic E-state index is 13.0. The van der Waals surface area contributed by atoms with Crippen LogP contribution in [0.5, 0.6) is 0 Å². The van der Waals surface area contributed by atoms with Crippen LogP contribution < -0.4 is 10.6 Å². The molecule has 0 bridgehead atoms. The zero-order valence-electron chi connectivity index (χ0n) is 13.1. The molecule has 0 fully saturated rings. The maximum Gasteiger partial charge on any atom is 0.315 e. The summed E-state index contributed by atoms with van der Waals surface area (Å²) in [5.41, 5.74) is 0.623. The Balaban J connectivity index is 2.71. The number of rotatable bonds is 6. The number of benzene rings is 1. The Kier molecular flexibility index (Phi) is 6.34. The van der Waals surface area contributed by atoms with Crippen molar-refractivity contribution >= 4 is 12.0 Å². The molecule has 1 unspecified atom stereocenters. The van der Waals surface area contributed by atoms with E-state index in [1.54, 1.807) is 12.1 Å². The fraction of sp³-hybridized carbons (Fsp3) is 0.500. The second kappa shape index (κ2) is 7.77. The maximum atomic E-state index is 13.0. The van der Waals surface area contributed by atoms with Gasteiger partial charge in [0.05, 0.1) is 6.04 Å². The van der Waals surface area contributed by atoms with Crippen molar-refractivity contribution in [1.82, 2.24) is 10.6 Å². The first kappa shape index (κ1) is 17.9. The first-order chi connectivity index (χ1) is 10.2. The molecule has 2 amide bonds. The van der Waals surface area contributed by atoms with Crippen LogP contribution in [0.4, 0.5) is 9.18 Å². The summed E-state index contributed by atoms with van der Waals surface area (Å²) >= 11 is 0. The molecule has 1 aromatic rings. The SMILES string of the molecule is CC(C)(C)CNC(=O)NC(CCC(=O)O)c1ccc(F)cc1. The van der Waals surface area contributed by atoms with E-state index >= 15 is 0 Å². The summed E-state index contributed by atoms with van der Waals surface area (Å²) in [6.45, 7) is 6.48. The molecular formula is C16H23FN2O3. The molecule has 3 N–H and O–H groups in total. The second-order valence-electron chi connectivity index (χ2n) is 6.42. The average molecular weight is 310 g/mol. The topological polar surface area (TPSA) is 78.4 Å². The Morgan fingerprint density at radius 3 is 2.32 bits per heavy atom. The smallest absolute Gasteiger partial charge is 0.315 e. The largest absolute Gasteiger partial charge is 0.481 e. The van der Waals surface area contributed by atoms with Crippen LogP contribution >= 0.6 is 0 Å². The summed E-state index contributed by atoms with van der Waals surface area (Å²) in [7, 11) is 0. The van der Waals surface area contributed by atoms with Gasteiger partial charge in [-0.3, -0.25) is 4.79 Å². The van der Waals surface area contributed by atoms with Gasteiger partial charge in [0, 0.05) is 13.0 Å². The van der Waals surface area contributed by atoms with Crippen LogP contribution in [0, 0.1) is 11.2 Å². The van der Waals surface area contributed by atoms with Crippen LogP contribution in [-0.4, -0.2) is 23.7 Å². The number of urea groups is 1. The highest BCUT2D eigenvalue weighted by Crippen LogP contribution is 2.19. The quantitative estimate of drug-likeness (QED) is 0.755. The van der Waals surface area contributed by atoms with E-state index in [2.05, 4.69) is 10.6 Å². The number of hydrogen-bond donors (Lipinski definition) is 3. The van der Waals surface area contributed by atoms with Crippen molar-refractivity contribution in [3.8, 4) is 0 Å². The lowest BCUT2D eigenvalue weighted by Crippen LogP contribution is -2.41. The minimum atomic E-state index is -0.941. The van der Waals surface area contributed by atoms with Gasteiger partial charge >= 0.3 is 12.0 Å². The van der Waals surface area contributed by atoms with Crippen molar-refractivity contribution in [1.29, 1.82) is 0 Å². The molecular weight excluding hydrogens is 287 g/mol. The van der Waals surface area contributed by atoms with E-state index in [4.69, 9.17) is 5.11 Å². The molecule has 5 nitrogen and oxygen atoms in total. The molecule has 1 rings (SSSR count). The van der Waals surface area contributed by atoms with Crippen molar-refractivity contribution in [3.05, 3.63) is 35.6 Å². The molecule has 1 aromatic carbocycles. The second-order valence-corrected chi connectivity index (χ2v) is 6.42.